The summed E-state index contributed by atoms with van der Waals surface area (Å²) in [5.41, 5.74) is 1.26. The van der Waals surface area contributed by atoms with Gasteiger partial charge in [-0.15, -0.1) is 0 Å². The Balaban J connectivity index is 0.000000686. The lowest BCUT2D eigenvalue weighted by atomic mass is 9.91. The summed E-state index contributed by atoms with van der Waals surface area (Å²) in [5.74, 6) is 0.605. The van der Waals surface area contributed by atoms with Crippen LogP contribution in [0.2, 0.25) is 0 Å². The summed E-state index contributed by atoms with van der Waals surface area (Å²) in [7, 11) is 2.18. The first-order valence-electron chi connectivity index (χ1n) is 6.67. The lowest BCUT2D eigenvalue weighted by Gasteiger charge is -2.29. The minimum atomic E-state index is -0.139. The molecule has 1 aliphatic heterocycles. The van der Waals surface area contributed by atoms with Crippen molar-refractivity contribution in [3.63, 3.8) is 0 Å². The molecule has 1 atom stereocenters. The molecule has 1 fully saturated rings. The summed E-state index contributed by atoms with van der Waals surface area (Å²) in [6.45, 7) is 6.40. The van der Waals surface area contributed by atoms with Gasteiger partial charge in [-0.1, -0.05) is 26.0 Å². The molecule has 1 aliphatic rings. The van der Waals surface area contributed by atoms with Gasteiger partial charge in [-0.25, -0.2) is 4.39 Å². The van der Waals surface area contributed by atoms with Crippen LogP contribution in [0.15, 0.2) is 24.3 Å². The van der Waals surface area contributed by atoms with Crippen molar-refractivity contribution in [3.05, 3.63) is 35.6 Å². The van der Waals surface area contributed by atoms with E-state index in [-0.39, 0.29) is 5.82 Å². The summed E-state index contributed by atoms with van der Waals surface area (Å²) in [6.07, 6.45) is 3.69. The van der Waals surface area contributed by atoms with E-state index in [0.29, 0.717) is 0 Å². The van der Waals surface area contributed by atoms with Gasteiger partial charge < -0.3 is 4.90 Å². The topological polar surface area (TPSA) is 3.24 Å². The lowest BCUT2D eigenvalue weighted by Crippen LogP contribution is -2.32. The normalized spacial score (nSPS) is 20.6. The number of rotatable bonds is 2. The van der Waals surface area contributed by atoms with Gasteiger partial charge in [0.1, 0.15) is 5.82 Å². The zero-order valence-corrected chi connectivity index (χ0v) is 11.2. The fourth-order valence-electron chi connectivity index (χ4n) is 2.39. The third-order valence-corrected chi connectivity index (χ3v) is 3.16. The molecule has 1 unspecified atom stereocenters. The van der Waals surface area contributed by atoms with Crippen molar-refractivity contribution in [1.82, 2.24) is 4.90 Å². The van der Waals surface area contributed by atoms with Crippen molar-refractivity contribution in [2.45, 2.75) is 33.1 Å². The number of nitrogens with zero attached hydrogens (tertiary/aromatic N) is 1. The van der Waals surface area contributed by atoms with E-state index in [0.717, 1.165) is 12.3 Å². The molecule has 1 saturated heterocycles. The van der Waals surface area contributed by atoms with Crippen LogP contribution in [0, 0.1) is 11.7 Å². The van der Waals surface area contributed by atoms with Gasteiger partial charge in [0, 0.05) is 6.54 Å². The highest BCUT2D eigenvalue weighted by Crippen LogP contribution is 2.19. The molecule has 17 heavy (non-hydrogen) atoms. The summed E-state index contributed by atoms with van der Waals surface area (Å²) in [6, 6.07) is 6.93. The Morgan fingerprint density at radius 1 is 1.24 bits per heavy atom. The highest BCUT2D eigenvalue weighted by Gasteiger charge is 2.17. The molecule has 0 N–H and O–H groups in total. The average Bonchev–Trinajstić information content (AvgIpc) is 2.35. The smallest absolute Gasteiger partial charge is 0.123 e. The predicted molar refractivity (Wildman–Crippen MR) is 71.7 cm³/mol. The highest BCUT2D eigenvalue weighted by atomic mass is 19.1. The van der Waals surface area contributed by atoms with Gasteiger partial charge in [0.2, 0.25) is 0 Å². The number of hydrogen-bond donors (Lipinski definition) is 0. The van der Waals surface area contributed by atoms with E-state index in [1.54, 1.807) is 12.1 Å². The molecular weight excluding hydrogens is 213 g/mol. The maximum Gasteiger partial charge on any atom is 0.123 e. The SMILES string of the molecule is CC.CN1CCCC(Cc2ccc(F)cc2)C1. The van der Waals surface area contributed by atoms with Gasteiger partial charge in [0.25, 0.3) is 0 Å². The highest BCUT2D eigenvalue weighted by molar-refractivity contribution is 5.16. The zero-order chi connectivity index (χ0) is 12.7. The fraction of sp³-hybridized carbons (Fsp3) is 0.600. The van der Waals surface area contributed by atoms with Crippen LogP contribution in [0.1, 0.15) is 32.3 Å². The second-order valence-electron chi connectivity index (χ2n) is 4.60. The van der Waals surface area contributed by atoms with E-state index < -0.39 is 0 Å². The van der Waals surface area contributed by atoms with E-state index in [1.165, 1.54) is 31.5 Å². The fourth-order valence-corrected chi connectivity index (χ4v) is 2.39. The van der Waals surface area contributed by atoms with Crippen molar-refractivity contribution >= 4 is 0 Å². The molecule has 96 valence electrons. The second-order valence-corrected chi connectivity index (χ2v) is 4.60. The molecule has 0 aliphatic carbocycles. The minimum absolute atomic E-state index is 0.139. The molecule has 1 aromatic rings. The van der Waals surface area contributed by atoms with Gasteiger partial charge in [-0.05, 0) is 56.5 Å². The first kappa shape index (κ1) is 14.2. The summed E-state index contributed by atoms with van der Waals surface area (Å²) < 4.78 is 12.7. The first-order valence-corrected chi connectivity index (χ1v) is 6.67. The molecule has 2 heteroatoms. The molecule has 0 amide bonds. The van der Waals surface area contributed by atoms with Crippen molar-refractivity contribution in [2.75, 3.05) is 20.1 Å². The molecule has 0 saturated carbocycles. The van der Waals surface area contributed by atoms with Crippen molar-refractivity contribution < 1.29 is 4.39 Å². The van der Waals surface area contributed by atoms with Gasteiger partial charge in [0.15, 0.2) is 0 Å². The Labute approximate surface area is 105 Å². The maximum atomic E-state index is 12.7. The van der Waals surface area contributed by atoms with Gasteiger partial charge in [0.05, 0.1) is 0 Å². The number of halogens is 1. The van der Waals surface area contributed by atoms with E-state index in [1.807, 2.05) is 26.0 Å². The Morgan fingerprint density at radius 2 is 1.88 bits per heavy atom. The molecule has 0 radical (unpaired) electrons. The van der Waals surface area contributed by atoms with Crippen LogP contribution in [0.25, 0.3) is 0 Å². The van der Waals surface area contributed by atoms with Crippen LogP contribution in [-0.2, 0) is 6.42 Å². The zero-order valence-electron chi connectivity index (χ0n) is 11.2. The van der Waals surface area contributed by atoms with Crippen molar-refractivity contribution in [1.29, 1.82) is 0 Å². The molecule has 0 aromatic heterocycles. The lowest BCUT2D eigenvalue weighted by molar-refractivity contribution is 0.209. The van der Waals surface area contributed by atoms with Gasteiger partial charge in [-0.2, -0.15) is 0 Å². The van der Waals surface area contributed by atoms with Crippen LogP contribution < -0.4 is 0 Å². The molecule has 1 aromatic carbocycles. The van der Waals surface area contributed by atoms with Crippen LogP contribution in [0.4, 0.5) is 4.39 Å². The van der Waals surface area contributed by atoms with E-state index >= 15 is 0 Å². The number of likely N-dealkylation sites (tertiary alicyclic amines) is 1. The van der Waals surface area contributed by atoms with E-state index in [2.05, 4.69) is 11.9 Å². The quantitative estimate of drug-likeness (QED) is 0.757. The van der Waals surface area contributed by atoms with Gasteiger partial charge in [-0.3, -0.25) is 0 Å². The summed E-state index contributed by atoms with van der Waals surface area (Å²) >= 11 is 0. The second kappa shape index (κ2) is 7.44. The minimum Gasteiger partial charge on any atom is -0.306 e. The third-order valence-electron chi connectivity index (χ3n) is 3.16. The standard InChI is InChI=1S/C13H18FN.C2H6/c1-15-8-2-3-12(10-15)9-11-4-6-13(14)7-5-11;1-2/h4-7,12H,2-3,8-10H2,1H3;1-2H3. The summed E-state index contributed by atoms with van der Waals surface area (Å²) in [4.78, 5) is 2.39. The van der Waals surface area contributed by atoms with Gasteiger partial charge >= 0.3 is 0 Å². The number of piperidine rings is 1. The molecule has 0 bridgehead atoms. The third kappa shape index (κ3) is 4.86. The van der Waals surface area contributed by atoms with Crippen LogP contribution >= 0.6 is 0 Å². The number of benzene rings is 1. The Hall–Kier alpha value is -0.890. The first-order chi connectivity index (χ1) is 8.24. The Kier molecular flexibility index (Phi) is 6.20. The largest absolute Gasteiger partial charge is 0.306 e. The molecule has 1 heterocycles. The van der Waals surface area contributed by atoms with E-state index in [9.17, 15) is 4.39 Å². The number of hydrogen-bond acceptors (Lipinski definition) is 1. The van der Waals surface area contributed by atoms with E-state index in [4.69, 9.17) is 0 Å². The Morgan fingerprint density at radius 3 is 2.47 bits per heavy atom. The van der Waals surface area contributed by atoms with Crippen LogP contribution in [0.5, 0.6) is 0 Å². The van der Waals surface area contributed by atoms with Crippen molar-refractivity contribution in [3.8, 4) is 0 Å². The molecule has 2 rings (SSSR count). The maximum absolute atomic E-state index is 12.7. The molecular formula is C15H24FN. The average molecular weight is 237 g/mol. The van der Waals surface area contributed by atoms with Crippen molar-refractivity contribution in [2.24, 2.45) is 5.92 Å². The predicted octanol–water partition coefficient (Wildman–Crippen LogP) is 3.74. The van der Waals surface area contributed by atoms with Crippen LogP contribution in [0.3, 0.4) is 0 Å². The summed E-state index contributed by atoms with van der Waals surface area (Å²) in [5, 5.41) is 0. The molecule has 1 nitrogen and oxygen atoms in total. The Bertz CT molecular complexity index is 307. The van der Waals surface area contributed by atoms with Crippen LogP contribution in [-0.4, -0.2) is 25.0 Å². The monoisotopic (exact) mass is 237 g/mol. The molecule has 0 spiro atoms.